The third kappa shape index (κ3) is 3.03. The Morgan fingerprint density at radius 3 is 2.81 bits per heavy atom. The van der Waals surface area contributed by atoms with E-state index in [9.17, 15) is 4.79 Å². The molecule has 5 heteroatoms. The van der Waals surface area contributed by atoms with Crippen LogP contribution in [0.4, 0.5) is 5.69 Å². The Hall–Kier alpha value is -2.63. The number of rotatable bonds is 3. The first-order valence-electron chi connectivity index (χ1n) is 9.51. The lowest BCUT2D eigenvalue weighted by Crippen LogP contribution is -2.34. The highest BCUT2D eigenvalue weighted by molar-refractivity contribution is 6.36. The molecule has 0 aromatic heterocycles. The van der Waals surface area contributed by atoms with Gasteiger partial charge in [-0.15, -0.1) is 0 Å². The molecule has 1 fully saturated rings. The van der Waals surface area contributed by atoms with Crippen LogP contribution in [0.25, 0.3) is 11.3 Å². The van der Waals surface area contributed by atoms with Crippen LogP contribution >= 0.6 is 0 Å². The van der Waals surface area contributed by atoms with Crippen LogP contribution in [0.3, 0.4) is 0 Å². The van der Waals surface area contributed by atoms with Gasteiger partial charge in [-0.05, 0) is 24.5 Å². The number of hydrogen-bond acceptors (Lipinski definition) is 4. The molecule has 138 valence electrons. The fourth-order valence-corrected chi connectivity index (χ4v) is 4.04. The number of carbonyl (C=O) groups excluding carboxylic acids is 1. The summed E-state index contributed by atoms with van der Waals surface area (Å²) < 4.78 is 11.4. The molecule has 1 amide bonds. The quantitative estimate of drug-likeness (QED) is 0.823. The lowest BCUT2D eigenvalue weighted by molar-refractivity contribution is -0.110. The minimum atomic E-state index is -0.0932. The molecule has 0 saturated carbocycles. The standard InChI is InChI=1S/C22H22N2O3/c25-22-20(18-3-1-2-4-19(18)24-22)21-17-6-5-14(11-15(17)13-27-21)12-23-16-7-9-26-10-8-16/h1-6,11,16,23H,7-10,12-13H2,(H,24,25). The molecule has 2 aromatic carbocycles. The summed E-state index contributed by atoms with van der Waals surface area (Å²) in [5.74, 6) is 0.598. The van der Waals surface area contributed by atoms with Gasteiger partial charge >= 0.3 is 0 Å². The summed E-state index contributed by atoms with van der Waals surface area (Å²) in [4.78, 5) is 12.5. The van der Waals surface area contributed by atoms with Crippen molar-refractivity contribution in [2.75, 3.05) is 18.5 Å². The zero-order valence-electron chi connectivity index (χ0n) is 15.1. The zero-order chi connectivity index (χ0) is 18.2. The minimum absolute atomic E-state index is 0.0932. The number of carbonyl (C=O) groups is 1. The average molecular weight is 362 g/mol. The molecule has 0 radical (unpaired) electrons. The van der Waals surface area contributed by atoms with Crippen LogP contribution in [-0.4, -0.2) is 25.2 Å². The second-order valence-corrected chi connectivity index (χ2v) is 7.25. The maximum absolute atomic E-state index is 12.5. The Kier molecular flexibility index (Phi) is 4.19. The van der Waals surface area contributed by atoms with Gasteiger partial charge in [-0.1, -0.05) is 36.4 Å². The van der Waals surface area contributed by atoms with Crippen molar-refractivity contribution < 1.29 is 14.3 Å². The van der Waals surface area contributed by atoms with E-state index in [1.807, 2.05) is 24.3 Å². The van der Waals surface area contributed by atoms with Crippen LogP contribution in [0.2, 0.25) is 0 Å². The summed E-state index contributed by atoms with van der Waals surface area (Å²) in [7, 11) is 0. The predicted molar refractivity (Wildman–Crippen MR) is 104 cm³/mol. The fourth-order valence-electron chi connectivity index (χ4n) is 4.04. The topological polar surface area (TPSA) is 59.6 Å². The highest BCUT2D eigenvalue weighted by atomic mass is 16.5. The van der Waals surface area contributed by atoms with Gasteiger partial charge in [0.15, 0.2) is 0 Å². The second-order valence-electron chi connectivity index (χ2n) is 7.25. The molecule has 0 unspecified atom stereocenters. The van der Waals surface area contributed by atoms with Crippen molar-refractivity contribution in [3.63, 3.8) is 0 Å². The van der Waals surface area contributed by atoms with E-state index in [0.29, 0.717) is 24.0 Å². The Labute approximate surface area is 158 Å². The normalized spacial score (nSPS) is 21.6. The minimum Gasteiger partial charge on any atom is -0.487 e. The maximum Gasteiger partial charge on any atom is 0.260 e. The average Bonchev–Trinajstić information content (AvgIpc) is 3.26. The van der Waals surface area contributed by atoms with E-state index >= 15 is 0 Å². The molecule has 5 nitrogen and oxygen atoms in total. The predicted octanol–water partition coefficient (Wildman–Crippen LogP) is 3.31. The number of ether oxygens (including phenoxy) is 2. The zero-order valence-corrected chi connectivity index (χ0v) is 15.1. The number of anilines is 1. The number of hydrogen-bond donors (Lipinski definition) is 2. The van der Waals surface area contributed by atoms with Crippen LogP contribution in [0.5, 0.6) is 0 Å². The van der Waals surface area contributed by atoms with Crippen molar-refractivity contribution in [1.82, 2.24) is 5.32 Å². The van der Waals surface area contributed by atoms with Gasteiger partial charge < -0.3 is 20.1 Å². The van der Waals surface area contributed by atoms with Crippen molar-refractivity contribution in [2.45, 2.75) is 32.0 Å². The molecular formula is C22H22N2O3. The molecule has 3 aliphatic heterocycles. The van der Waals surface area contributed by atoms with Crippen LogP contribution in [0, 0.1) is 0 Å². The largest absolute Gasteiger partial charge is 0.487 e. The Bertz CT molecular complexity index is 929. The molecule has 3 heterocycles. The molecule has 0 spiro atoms. The molecule has 2 N–H and O–H groups in total. The Morgan fingerprint density at radius 1 is 1.07 bits per heavy atom. The van der Waals surface area contributed by atoms with E-state index in [4.69, 9.17) is 9.47 Å². The first kappa shape index (κ1) is 16.5. The van der Waals surface area contributed by atoms with Crippen molar-refractivity contribution in [1.29, 1.82) is 0 Å². The number of fused-ring (bicyclic) bond motifs is 2. The molecule has 1 saturated heterocycles. The van der Waals surface area contributed by atoms with Gasteiger partial charge in [-0.25, -0.2) is 0 Å². The van der Waals surface area contributed by atoms with E-state index in [-0.39, 0.29) is 5.91 Å². The second kappa shape index (κ2) is 6.83. The van der Waals surface area contributed by atoms with Crippen LogP contribution in [0.1, 0.15) is 35.1 Å². The number of para-hydroxylation sites is 1. The van der Waals surface area contributed by atoms with Gasteiger partial charge in [0.2, 0.25) is 0 Å². The first-order chi connectivity index (χ1) is 13.3. The lowest BCUT2D eigenvalue weighted by atomic mass is 9.99. The van der Waals surface area contributed by atoms with Gasteiger partial charge in [0, 0.05) is 48.2 Å². The summed E-state index contributed by atoms with van der Waals surface area (Å²) in [5.41, 5.74) is 5.80. The maximum atomic E-state index is 12.5. The van der Waals surface area contributed by atoms with Gasteiger partial charge in [0.05, 0.1) is 5.57 Å². The summed E-state index contributed by atoms with van der Waals surface area (Å²) in [6.07, 6.45) is 2.14. The highest BCUT2D eigenvalue weighted by Gasteiger charge is 2.32. The summed E-state index contributed by atoms with van der Waals surface area (Å²) in [5, 5.41) is 6.54. The summed E-state index contributed by atoms with van der Waals surface area (Å²) in [6.45, 7) is 3.04. The monoisotopic (exact) mass is 362 g/mol. The van der Waals surface area contributed by atoms with Crippen molar-refractivity contribution in [3.05, 3.63) is 64.7 Å². The van der Waals surface area contributed by atoms with E-state index in [1.54, 1.807) is 0 Å². The summed E-state index contributed by atoms with van der Waals surface area (Å²) in [6, 6.07) is 14.7. The number of amides is 1. The van der Waals surface area contributed by atoms with Crippen molar-refractivity contribution in [3.8, 4) is 0 Å². The molecule has 0 aliphatic carbocycles. The third-order valence-electron chi connectivity index (χ3n) is 5.50. The molecule has 5 rings (SSSR count). The van der Waals surface area contributed by atoms with Gasteiger partial charge in [0.25, 0.3) is 5.91 Å². The smallest absolute Gasteiger partial charge is 0.260 e. The van der Waals surface area contributed by atoms with E-state index in [0.717, 1.165) is 55.0 Å². The first-order valence-corrected chi connectivity index (χ1v) is 9.51. The number of nitrogens with one attached hydrogen (secondary N) is 2. The van der Waals surface area contributed by atoms with Crippen molar-refractivity contribution in [2.24, 2.45) is 0 Å². The third-order valence-corrected chi connectivity index (χ3v) is 5.50. The van der Waals surface area contributed by atoms with Crippen LogP contribution in [-0.2, 0) is 27.4 Å². The number of benzene rings is 2. The molecule has 2 aromatic rings. The molecule has 27 heavy (non-hydrogen) atoms. The highest BCUT2D eigenvalue weighted by Crippen LogP contribution is 2.41. The van der Waals surface area contributed by atoms with E-state index < -0.39 is 0 Å². The van der Waals surface area contributed by atoms with Gasteiger partial charge in [-0.3, -0.25) is 4.79 Å². The Morgan fingerprint density at radius 2 is 1.93 bits per heavy atom. The van der Waals surface area contributed by atoms with Gasteiger partial charge in [0.1, 0.15) is 12.4 Å². The van der Waals surface area contributed by atoms with E-state index in [2.05, 4.69) is 28.8 Å². The molecule has 3 aliphatic rings. The molecule has 0 atom stereocenters. The van der Waals surface area contributed by atoms with Gasteiger partial charge in [-0.2, -0.15) is 0 Å². The Balaban J connectivity index is 1.41. The van der Waals surface area contributed by atoms with Crippen LogP contribution in [0.15, 0.2) is 42.5 Å². The molecule has 0 bridgehead atoms. The van der Waals surface area contributed by atoms with E-state index in [1.165, 1.54) is 5.56 Å². The van der Waals surface area contributed by atoms with Crippen molar-refractivity contribution >= 4 is 22.9 Å². The lowest BCUT2D eigenvalue weighted by Gasteiger charge is -2.23. The molecular weight excluding hydrogens is 340 g/mol. The summed E-state index contributed by atoms with van der Waals surface area (Å²) >= 11 is 0. The van der Waals surface area contributed by atoms with Crippen LogP contribution < -0.4 is 10.6 Å². The SMILES string of the molecule is O=C1Nc2ccccc2C1=C1OCc2cc(CNC3CCOCC3)ccc21. The fraction of sp³-hybridized carbons (Fsp3) is 0.318.